The van der Waals surface area contributed by atoms with E-state index in [-0.39, 0.29) is 12.0 Å². The molecule has 1 aliphatic heterocycles. The smallest absolute Gasteiger partial charge is 0.144 e. The van der Waals surface area contributed by atoms with Crippen molar-refractivity contribution < 1.29 is 4.79 Å². The number of carbonyl (C=O) groups is 1. The molecule has 16 heavy (non-hydrogen) atoms. The van der Waals surface area contributed by atoms with E-state index in [0.717, 1.165) is 23.8 Å². The van der Waals surface area contributed by atoms with Gasteiger partial charge in [0.2, 0.25) is 0 Å². The van der Waals surface area contributed by atoms with Gasteiger partial charge in [0.15, 0.2) is 0 Å². The molecule has 0 N–H and O–H groups in total. The third-order valence-electron chi connectivity index (χ3n) is 2.85. The van der Waals surface area contributed by atoms with Crippen LogP contribution in [0.15, 0.2) is 6.33 Å². The fourth-order valence-corrected chi connectivity index (χ4v) is 3.18. The fourth-order valence-electron chi connectivity index (χ4n) is 1.92. The van der Waals surface area contributed by atoms with Gasteiger partial charge in [0.25, 0.3) is 0 Å². The summed E-state index contributed by atoms with van der Waals surface area (Å²) in [4.78, 5) is 16.2. The predicted octanol–water partition coefficient (Wildman–Crippen LogP) is 1.72. The maximum Gasteiger partial charge on any atom is 0.144 e. The van der Waals surface area contributed by atoms with E-state index in [1.54, 1.807) is 0 Å². The number of hydrogen-bond donors (Lipinski definition) is 0. The molecule has 4 nitrogen and oxygen atoms in total. The van der Waals surface area contributed by atoms with Crippen LogP contribution < -0.4 is 0 Å². The van der Waals surface area contributed by atoms with Crippen LogP contribution in [0.25, 0.3) is 0 Å². The average molecular weight is 239 g/mol. The van der Waals surface area contributed by atoms with Crippen LogP contribution in [0.2, 0.25) is 0 Å². The second-order valence-electron chi connectivity index (χ2n) is 4.42. The first-order chi connectivity index (χ1) is 7.68. The molecule has 1 fully saturated rings. The lowest BCUT2D eigenvalue weighted by molar-refractivity contribution is -0.121. The van der Waals surface area contributed by atoms with Crippen LogP contribution in [-0.2, 0) is 11.2 Å². The van der Waals surface area contributed by atoms with Crippen LogP contribution in [0.1, 0.15) is 32.1 Å². The van der Waals surface area contributed by atoms with Crippen LogP contribution in [0.3, 0.4) is 0 Å². The van der Waals surface area contributed by atoms with Crippen molar-refractivity contribution in [3.63, 3.8) is 0 Å². The Balaban J connectivity index is 2.02. The standard InChI is InChI=1S/C11H17N3OS/c1-8(2)14-11(12-7-13-14)5-10(15)9-3-4-16-6-9/h7-9H,3-6H2,1-2H3. The second kappa shape index (κ2) is 4.99. The van der Waals surface area contributed by atoms with Gasteiger partial charge < -0.3 is 0 Å². The molecule has 1 saturated heterocycles. The summed E-state index contributed by atoms with van der Waals surface area (Å²) >= 11 is 1.87. The van der Waals surface area contributed by atoms with Gasteiger partial charge >= 0.3 is 0 Å². The molecular weight excluding hydrogens is 222 g/mol. The summed E-state index contributed by atoms with van der Waals surface area (Å²) in [6.45, 7) is 4.10. The molecule has 0 radical (unpaired) electrons. The highest BCUT2D eigenvalue weighted by Crippen LogP contribution is 2.25. The molecule has 1 aromatic rings. The largest absolute Gasteiger partial charge is 0.299 e. The van der Waals surface area contributed by atoms with E-state index in [9.17, 15) is 4.79 Å². The molecule has 0 amide bonds. The van der Waals surface area contributed by atoms with Crippen LogP contribution in [0.4, 0.5) is 0 Å². The third-order valence-corrected chi connectivity index (χ3v) is 4.02. The third kappa shape index (κ3) is 2.45. The first-order valence-corrected chi connectivity index (χ1v) is 6.82. The van der Waals surface area contributed by atoms with Gasteiger partial charge in [-0.2, -0.15) is 16.9 Å². The van der Waals surface area contributed by atoms with E-state index in [2.05, 4.69) is 10.1 Å². The van der Waals surface area contributed by atoms with Crippen LogP contribution in [-0.4, -0.2) is 32.1 Å². The van der Waals surface area contributed by atoms with Gasteiger partial charge in [-0.25, -0.2) is 9.67 Å². The van der Waals surface area contributed by atoms with Gasteiger partial charge in [-0.15, -0.1) is 0 Å². The lowest BCUT2D eigenvalue weighted by Crippen LogP contribution is -2.19. The Morgan fingerprint density at radius 2 is 2.50 bits per heavy atom. The van der Waals surface area contributed by atoms with E-state index in [1.165, 1.54) is 6.33 Å². The molecule has 1 aromatic heterocycles. The highest BCUT2D eigenvalue weighted by Gasteiger charge is 2.24. The number of aromatic nitrogens is 3. The van der Waals surface area contributed by atoms with Gasteiger partial charge in [-0.1, -0.05) is 0 Å². The molecule has 0 aromatic carbocycles. The summed E-state index contributed by atoms with van der Waals surface area (Å²) in [6.07, 6.45) is 2.99. The first-order valence-electron chi connectivity index (χ1n) is 5.67. The Bertz CT molecular complexity index is 369. The molecule has 1 unspecified atom stereocenters. The average Bonchev–Trinajstić information content (AvgIpc) is 2.86. The summed E-state index contributed by atoms with van der Waals surface area (Å²) in [7, 11) is 0. The minimum atomic E-state index is 0.238. The van der Waals surface area contributed by atoms with Crippen molar-refractivity contribution in [2.45, 2.75) is 32.7 Å². The molecule has 0 bridgehead atoms. The van der Waals surface area contributed by atoms with Crippen molar-refractivity contribution in [1.29, 1.82) is 0 Å². The lowest BCUT2D eigenvalue weighted by Gasteiger charge is -2.10. The predicted molar refractivity (Wildman–Crippen MR) is 64.6 cm³/mol. The summed E-state index contributed by atoms with van der Waals surface area (Å²) in [5, 5.41) is 4.14. The van der Waals surface area contributed by atoms with Crippen molar-refractivity contribution in [3.8, 4) is 0 Å². The zero-order valence-electron chi connectivity index (χ0n) is 9.72. The first kappa shape index (κ1) is 11.6. The molecule has 5 heteroatoms. The molecule has 1 aliphatic rings. The number of thioether (sulfide) groups is 1. The van der Waals surface area contributed by atoms with Crippen molar-refractivity contribution in [1.82, 2.24) is 14.8 Å². The van der Waals surface area contributed by atoms with Crippen LogP contribution in [0.5, 0.6) is 0 Å². The van der Waals surface area contributed by atoms with Crippen molar-refractivity contribution in [3.05, 3.63) is 12.2 Å². The lowest BCUT2D eigenvalue weighted by atomic mass is 10.0. The fraction of sp³-hybridized carbons (Fsp3) is 0.727. The van der Waals surface area contributed by atoms with Crippen LogP contribution >= 0.6 is 11.8 Å². The zero-order chi connectivity index (χ0) is 11.5. The molecule has 88 valence electrons. The topological polar surface area (TPSA) is 47.8 Å². The number of rotatable bonds is 4. The number of hydrogen-bond acceptors (Lipinski definition) is 4. The summed E-state index contributed by atoms with van der Waals surface area (Å²) in [5.41, 5.74) is 0. The van der Waals surface area contributed by atoms with Gasteiger partial charge in [-0.3, -0.25) is 4.79 Å². The normalized spacial score (nSPS) is 20.6. The SMILES string of the molecule is CC(C)n1ncnc1CC(=O)C1CCSC1. The Morgan fingerprint density at radius 3 is 3.12 bits per heavy atom. The monoisotopic (exact) mass is 239 g/mol. The number of Topliss-reactive ketones (excluding diaryl/α,β-unsaturated/α-hetero) is 1. The Kier molecular flexibility index (Phi) is 3.63. The van der Waals surface area contributed by atoms with E-state index in [4.69, 9.17) is 0 Å². The number of carbonyl (C=O) groups excluding carboxylic acids is 1. The minimum absolute atomic E-state index is 0.238. The number of ketones is 1. The molecule has 1 atom stereocenters. The summed E-state index contributed by atoms with van der Waals surface area (Å²) in [5.74, 6) is 3.46. The summed E-state index contributed by atoms with van der Waals surface area (Å²) < 4.78 is 1.83. The Labute approximate surface area is 99.8 Å². The second-order valence-corrected chi connectivity index (χ2v) is 5.57. The zero-order valence-corrected chi connectivity index (χ0v) is 10.5. The Hall–Kier alpha value is -0.840. The van der Waals surface area contributed by atoms with E-state index >= 15 is 0 Å². The highest BCUT2D eigenvalue weighted by atomic mass is 32.2. The van der Waals surface area contributed by atoms with Gasteiger partial charge in [0, 0.05) is 17.7 Å². The van der Waals surface area contributed by atoms with E-state index < -0.39 is 0 Å². The van der Waals surface area contributed by atoms with Gasteiger partial charge in [0.05, 0.1) is 6.42 Å². The van der Waals surface area contributed by atoms with Gasteiger partial charge in [0.1, 0.15) is 17.9 Å². The molecule has 2 rings (SSSR count). The van der Waals surface area contributed by atoms with Gasteiger partial charge in [-0.05, 0) is 26.0 Å². The van der Waals surface area contributed by atoms with Crippen molar-refractivity contribution >= 4 is 17.5 Å². The molecule has 2 heterocycles. The van der Waals surface area contributed by atoms with Crippen LogP contribution in [0, 0.1) is 5.92 Å². The molecule has 0 aliphatic carbocycles. The van der Waals surface area contributed by atoms with E-state index in [1.807, 2.05) is 30.3 Å². The van der Waals surface area contributed by atoms with E-state index in [0.29, 0.717) is 12.2 Å². The van der Waals surface area contributed by atoms with Crippen molar-refractivity contribution in [2.75, 3.05) is 11.5 Å². The molecule has 0 saturated carbocycles. The quantitative estimate of drug-likeness (QED) is 0.802. The maximum absolute atomic E-state index is 12.0. The molecule has 0 spiro atoms. The number of nitrogens with zero attached hydrogens (tertiary/aromatic N) is 3. The minimum Gasteiger partial charge on any atom is -0.299 e. The highest BCUT2D eigenvalue weighted by molar-refractivity contribution is 7.99. The maximum atomic E-state index is 12.0. The summed E-state index contributed by atoms with van der Waals surface area (Å²) in [6, 6.07) is 0.267. The molecular formula is C11H17N3OS. The Morgan fingerprint density at radius 1 is 1.69 bits per heavy atom. The van der Waals surface area contributed by atoms with Crippen molar-refractivity contribution in [2.24, 2.45) is 5.92 Å².